The first kappa shape index (κ1) is 15.4. The molecule has 0 radical (unpaired) electrons. The summed E-state index contributed by atoms with van der Waals surface area (Å²) in [6, 6.07) is -0.602. The summed E-state index contributed by atoms with van der Waals surface area (Å²) in [7, 11) is 1.79. The van der Waals surface area contributed by atoms with E-state index in [-0.39, 0.29) is 17.0 Å². The number of aryl methyl sites for hydroxylation is 2. The number of fused-ring (bicyclic) bond motifs is 1. The van der Waals surface area contributed by atoms with E-state index in [9.17, 15) is 14.7 Å². The van der Waals surface area contributed by atoms with Crippen molar-refractivity contribution in [1.82, 2.24) is 19.7 Å². The number of carboxylic acid groups (broad SMARTS) is 1. The molecule has 0 aliphatic carbocycles. The van der Waals surface area contributed by atoms with E-state index in [2.05, 4.69) is 10.1 Å². The lowest BCUT2D eigenvalue weighted by atomic mass is 10.0. The predicted octanol–water partition coefficient (Wildman–Crippen LogP) is -0.203. The summed E-state index contributed by atoms with van der Waals surface area (Å²) < 4.78 is 1.66. The zero-order valence-electron chi connectivity index (χ0n) is 12.0. The number of β-lactam (4-membered cyclic amide) rings is 1. The van der Waals surface area contributed by atoms with Gasteiger partial charge in [-0.3, -0.25) is 9.69 Å². The smallest absolute Gasteiger partial charge is 0.352 e. The number of hydrogen-bond acceptors (Lipinski definition) is 7. The third-order valence-corrected chi connectivity index (χ3v) is 5.96. The molecule has 0 spiro atoms. The van der Waals surface area contributed by atoms with Gasteiger partial charge in [-0.2, -0.15) is 5.10 Å². The molecule has 10 heteroatoms. The standard InChI is InChI=1S/C12H15N5O3S2/c1-5-14-12(16(2)15-5)22-4-6-3-21-10-7(13)9(18)17(10)8(6)11(19)20/h7,10H,3-4,13H2,1-2H3,(H,19,20). The van der Waals surface area contributed by atoms with E-state index < -0.39 is 12.0 Å². The first-order valence-electron chi connectivity index (χ1n) is 6.56. The van der Waals surface area contributed by atoms with Gasteiger partial charge in [0.2, 0.25) is 5.91 Å². The number of thioether (sulfide) groups is 2. The Labute approximate surface area is 135 Å². The van der Waals surface area contributed by atoms with Crippen molar-refractivity contribution in [1.29, 1.82) is 0 Å². The molecule has 118 valence electrons. The zero-order chi connectivity index (χ0) is 16.0. The summed E-state index contributed by atoms with van der Waals surface area (Å²) in [6.45, 7) is 1.80. The molecule has 2 aliphatic rings. The fraction of sp³-hybridized carbons (Fsp3) is 0.500. The van der Waals surface area contributed by atoms with Crippen LogP contribution in [0.3, 0.4) is 0 Å². The lowest BCUT2D eigenvalue weighted by Gasteiger charge is -2.48. The molecular formula is C12H15N5O3S2. The van der Waals surface area contributed by atoms with Crippen molar-refractivity contribution in [3.63, 3.8) is 0 Å². The predicted molar refractivity (Wildman–Crippen MR) is 82.2 cm³/mol. The maximum atomic E-state index is 11.8. The summed E-state index contributed by atoms with van der Waals surface area (Å²) in [5.74, 6) is 0.251. The van der Waals surface area contributed by atoms with Gasteiger partial charge in [-0.05, 0) is 12.5 Å². The molecule has 0 saturated carbocycles. The van der Waals surface area contributed by atoms with Crippen LogP contribution in [-0.4, -0.2) is 59.6 Å². The van der Waals surface area contributed by atoms with Crippen LogP contribution in [0.2, 0.25) is 0 Å². The minimum absolute atomic E-state index is 0.0711. The Bertz CT molecular complexity index is 686. The van der Waals surface area contributed by atoms with Gasteiger partial charge in [-0.15, -0.1) is 11.8 Å². The number of carbonyl (C=O) groups excluding carboxylic acids is 1. The van der Waals surface area contributed by atoms with Gasteiger partial charge in [-0.25, -0.2) is 14.5 Å². The van der Waals surface area contributed by atoms with Crippen LogP contribution in [0.25, 0.3) is 0 Å². The molecule has 2 unspecified atom stereocenters. The Hall–Kier alpha value is -1.52. The number of aromatic nitrogens is 3. The van der Waals surface area contributed by atoms with E-state index in [0.29, 0.717) is 28.1 Å². The second-order valence-electron chi connectivity index (χ2n) is 5.05. The number of nitrogens with two attached hydrogens (primary N) is 1. The fourth-order valence-corrected chi connectivity index (χ4v) is 4.85. The Balaban J connectivity index is 1.83. The number of nitrogens with zero attached hydrogens (tertiary/aromatic N) is 4. The highest BCUT2D eigenvalue weighted by atomic mass is 32.2. The fourth-order valence-electron chi connectivity index (χ4n) is 2.46. The second-order valence-corrected chi connectivity index (χ2v) is 7.09. The molecule has 2 atom stereocenters. The van der Waals surface area contributed by atoms with Crippen molar-refractivity contribution in [3.05, 3.63) is 17.1 Å². The van der Waals surface area contributed by atoms with Crippen molar-refractivity contribution in [2.45, 2.75) is 23.5 Å². The average Bonchev–Trinajstić information content (AvgIpc) is 2.80. The Morgan fingerprint density at radius 3 is 2.91 bits per heavy atom. The van der Waals surface area contributed by atoms with Crippen molar-refractivity contribution in [3.8, 4) is 0 Å². The SMILES string of the molecule is Cc1nc(SCC2=C(C(=O)O)N3C(=O)C(N)C3SC2)n(C)n1. The molecule has 0 bridgehead atoms. The normalized spacial score (nSPS) is 24.3. The van der Waals surface area contributed by atoms with Gasteiger partial charge in [0.1, 0.15) is 22.9 Å². The van der Waals surface area contributed by atoms with Crippen LogP contribution < -0.4 is 5.73 Å². The zero-order valence-corrected chi connectivity index (χ0v) is 13.6. The Kier molecular flexibility index (Phi) is 3.91. The molecule has 2 aliphatic heterocycles. The largest absolute Gasteiger partial charge is 0.477 e. The van der Waals surface area contributed by atoms with Crippen LogP contribution in [0.1, 0.15) is 5.82 Å². The quantitative estimate of drug-likeness (QED) is 0.571. The molecule has 22 heavy (non-hydrogen) atoms. The number of rotatable bonds is 4. The van der Waals surface area contributed by atoms with Crippen LogP contribution in [-0.2, 0) is 16.6 Å². The van der Waals surface area contributed by atoms with Gasteiger partial charge in [0.05, 0.1) is 0 Å². The highest BCUT2D eigenvalue weighted by Gasteiger charge is 2.51. The Morgan fingerprint density at radius 2 is 2.32 bits per heavy atom. The van der Waals surface area contributed by atoms with Gasteiger partial charge < -0.3 is 10.8 Å². The lowest BCUT2D eigenvalue weighted by Crippen LogP contribution is -2.68. The molecule has 0 aromatic carbocycles. The highest BCUT2D eigenvalue weighted by molar-refractivity contribution is 8.01. The molecule has 1 saturated heterocycles. The topological polar surface area (TPSA) is 114 Å². The van der Waals surface area contributed by atoms with Crippen LogP contribution >= 0.6 is 23.5 Å². The van der Waals surface area contributed by atoms with Gasteiger partial charge in [-0.1, -0.05) is 11.8 Å². The minimum Gasteiger partial charge on any atom is -0.477 e. The second kappa shape index (κ2) is 5.60. The summed E-state index contributed by atoms with van der Waals surface area (Å²) >= 11 is 2.91. The van der Waals surface area contributed by atoms with Gasteiger partial charge >= 0.3 is 5.97 Å². The lowest BCUT2D eigenvalue weighted by molar-refractivity contribution is -0.147. The van der Waals surface area contributed by atoms with Crippen LogP contribution in [0.4, 0.5) is 0 Å². The van der Waals surface area contributed by atoms with E-state index in [1.165, 1.54) is 28.4 Å². The van der Waals surface area contributed by atoms with E-state index >= 15 is 0 Å². The maximum absolute atomic E-state index is 11.8. The first-order valence-corrected chi connectivity index (χ1v) is 8.59. The van der Waals surface area contributed by atoms with E-state index in [1.54, 1.807) is 18.7 Å². The van der Waals surface area contributed by atoms with Crippen molar-refractivity contribution in [2.75, 3.05) is 11.5 Å². The monoisotopic (exact) mass is 341 g/mol. The highest BCUT2D eigenvalue weighted by Crippen LogP contribution is 2.40. The number of carbonyl (C=O) groups is 2. The molecule has 3 rings (SSSR count). The number of hydrogen-bond donors (Lipinski definition) is 2. The summed E-state index contributed by atoms with van der Waals surface area (Å²) in [4.78, 5) is 29.0. The van der Waals surface area contributed by atoms with Gasteiger partial charge in [0.25, 0.3) is 0 Å². The van der Waals surface area contributed by atoms with E-state index in [4.69, 9.17) is 5.73 Å². The number of amides is 1. The molecule has 1 aromatic rings. The summed E-state index contributed by atoms with van der Waals surface area (Å²) in [5.41, 5.74) is 6.50. The van der Waals surface area contributed by atoms with Crippen molar-refractivity contribution in [2.24, 2.45) is 12.8 Å². The van der Waals surface area contributed by atoms with Crippen LogP contribution in [0.5, 0.6) is 0 Å². The molecule has 1 fully saturated rings. The molecule has 3 heterocycles. The summed E-state index contributed by atoms with van der Waals surface area (Å²) in [6.07, 6.45) is 0. The van der Waals surface area contributed by atoms with Gasteiger partial charge in [0, 0.05) is 18.6 Å². The molecule has 1 amide bonds. The first-order chi connectivity index (χ1) is 10.4. The van der Waals surface area contributed by atoms with Gasteiger partial charge in [0.15, 0.2) is 5.16 Å². The van der Waals surface area contributed by atoms with Crippen molar-refractivity contribution < 1.29 is 14.7 Å². The van der Waals surface area contributed by atoms with E-state index in [0.717, 1.165) is 0 Å². The van der Waals surface area contributed by atoms with E-state index in [1.807, 2.05) is 0 Å². The molecule has 1 aromatic heterocycles. The molecule has 3 N–H and O–H groups in total. The minimum atomic E-state index is -1.09. The van der Waals surface area contributed by atoms with Crippen LogP contribution in [0, 0.1) is 6.92 Å². The maximum Gasteiger partial charge on any atom is 0.352 e. The van der Waals surface area contributed by atoms with Crippen LogP contribution in [0.15, 0.2) is 16.4 Å². The number of aliphatic carboxylic acids is 1. The third-order valence-electron chi connectivity index (χ3n) is 3.50. The molecule has 8 nitrogen and oxygen atoms in total. The Morgan fingerprint density at radius 1 is 1.59 bits per heavy atom. The van der Waals surface area contributed by atoms with Crippen molar-refractivity contribution >= 4 is 35.4 Å². The average molecular weight is 341 g/mol. The number of carboxylic acids is 1. The third kappa shape index (κ3) is 2.40. The molecular weight excluding hydrogens is 326 g/mol. The summed E-state index contributed by atoms with van der Waals surface area (Å²) in [5, 5.41) is 14.1.